The molecule has 2 heteroatoms. The van der Waals surface area contributed by atoms with Gasteiger partial charge in [0.15, 0.2) is 0 Å². The average Bonchev–Trinajstić information content (AvgIpc) is 2.05. The van der Waals surface area contributed by atoms with Crippen LogP contribution in [0.3, 0.4) is 0 Å². The Morgan fingerprint density at radius 3 is 2.18 bits per heavy atom. The fourth-order valence-electron chi connectivity index (χ4n) is 0.907. The van der Waals surface area contributed by atoms with Gasteiger partial charge in [0.05, 0.1) is 0 Å². The Labute approximate surface area is 74.1 Å². The third-order valence-electron chi connectivity index (χ3n) is 1.64. The van der Waals surface area contributed by atoms with Crippen LogP contribution in [-0.2, 0) is 0 Å². The molecule has 0 spiro atoms. The molecule has 1 aromatic rings. The van der Waals surface area contributed by atoms with Crippen molar-refractivity contribution < 1.29 is 0 Å². The third kappa shape index (κ3) is 2.33. The van der Waals surface area contributed by atoms with Gasteiger partial charge in [-0.2, -0.15) is 0 Å². The van der Waals surface area contributed by atoms with Gasteiger partial charge in [0.25, 0.3) is 0 Å². The Bertz CT molecular complexity index is 216. The van der Waals surface area contributed by atoms with E-state index in [-0.39, 0.29) is 6.04 Å². The molecule has 0 amide bonds. The van der Waals surface area contributed by atoms with Crippen LogP contribution < -0.4 is 10.2 Å². The first-order valence-electron chi connectivity index (χ1n) is 3.63. The molecule has 11 heavy (non-hydrogen) atoms. The molecule has 0 bridgehead atoms. The van der Waals surface area contributed by atoms with Crippen molar-refractivity contribution >= 4 is 19.4 Å². The molecule has 0 heterocycles. The molecule has 1 aromatic carbocycles. The second-order valence-electron chi connectivity index (χ2n) is 2.56. The molecular weight excluding hydrogens is 201 g/mol. The summed E-state index contributed by atoms with van der Waals surface area (Å²) in [5.74, 6) is 2.22. The maximum absolute atomic E-state index is 5.71. The summed E-state index contributed by atoms with van der Waals surface area (Å²) in [4.78, 5) is 0. The molecule has 0 aromatic heterocycles. The van der Waals surface area contributed by atoms with Crippen molar-refractivity contribution in [2.24, 2.45) is 5.73 Å². The molecule has 1 atom stereocenters. The maximum atomic E-state index is 5.71. The third-order valence-corrected chi connectivity index (χ3v) is 3.20. The Morgan fingerprint density at radius 1 is 1.27 bits per heavy atom. The Kier molecular flexibility index (Phi) is 3.13. The first-order valence-corrected chi connectivity index (χ1v) is 6.20. The van der Waals surface area contributed by atoms with Gasteiger partial charge in [-0.3, -0.25) is 0 Å². The van der Waals surface area contributed by atoms with Gasteiger partial charge < -0.3 is 0 Å². The van der Waals surface area contributed by atoms with Crippen molar-refractivity contribution in [2.45, 2.75) is 18.8 Å². The molecule has 0 radical (unpaired) electrons. The summed E-state index contributed by atoms with van der Waals surface area (Å²) >= 11 is 0.608. The Balaban J connectivity index is 2.83. The monoisotopic (exact) mass is 215 g/mol. The summed E-state index contributed by atoms with van der Waals surface area (Å²) in [7, 11) is 0. The molecule has 1 rings (SSSR count). The quantitative estimate of drug-likeness (QED) is 0.732. The molecule has 0 aliphatic heterocycles. The number of hydrogen-bond donors (Lipinski definition) is 1. The van der Waals surface area contributed by atoms with E-state index in [4.69, 9.17) is 5.73 Å². The van der Waals surface area contributed by atoms with E-state index < -0.39 is 0 Å². The molecule has 1 nitrogen and oxygen atoms in total. The van der Waals surface area contributed by atoms with Gasteiger partial charge in [0.1, 0.15) is 0 Å². The van der Waals surface area contributed by atoms with E-state index >= 15 is 0 Å². The van der Waals surface area contributed by atoms with E-state index in [1.165, 1.54) is 10.0 Å². The van der Waals surface area contributed by atoms with Crippen molar-refractivity contribution in [2.75, 3.05) is 0 Å². The standard InChI is InChI=1S/C9H13NSe/c1-7(10)8-3-5-9(11-2)6-4-8/h3-7H,10H2,1-2H3. The number of rotatable bonds is 2. The van der Waals surface area contributed by atoms with Crippen molar-refractivity contribution in [1.82, 2.24) is 0 Å². The Hall–Kier alpha value is -0.301. The zero-order valence-electron chi connectivity index (χ0n) is 6.87. The zero-order chi connectivity index (χ0) is 8.27. The normalized spacial score (nSPS) is 13.0. The van der Waals surface area contributed by atoms with E-state index in [0.717, 1.165) is 0 Å². The molecule has 1 unspecified atom stereocenters. The molecule has 0 saturated heterocycles. The molecule has 0 saturated carbocycles. The van der Waals surface area contributed by atoms with Crippen LogP contribution >= 0.6 is 0 Å². The van der Waals surface area contributed by atoms with E-state index in [0.29, 0.717) is 15.0 Å². The first kappa shape index (κ1) is 8.79. The summed E-state index contributed by atoms with van der Waals surface area (Å²) < 4.78 is 1.43. The number of nitrogens with two attached hydrogens (primary N) is 1. The van der Waals surface area contributed by atoms with Gasteiger partial charge in [0.2, 0.25) is 0 Å². The van der Waals surface area contributed by atoms with Gasteiger partial charge in [-0.1, -0.05) is 0 Å². The first-order chi connectivity index (χ1) is 5.24. The number of hydrogen-bond acceptors (Lipinski definition) is 1. The SMILES string of the molecule is C[Se]c1ccc(C(C)N)cc1. The van der Waals surface area contributed by atoms with Crippen LogP contribution in [0.5, 0.6) is 0 Å². The number of benzene rings is 1. The molecular formula is C9H13NSe. The van der Waals surface area contributed by atoms with Crippen LogP contribution in [0.25, 0.3) is 0 Å². The van der Waals surface area contributed by atoms with Crippen LogP contribution in [0, 0.1) is 0 Å². The van der Waals surface area contributed by atoms with Gasteiger partial charge in [0, 0.05) is 0 Å². The van der Waals surface area contributed by atoms with Crippen molar-refractivity contribution in [3.05, 3.63) is 29.8 Å². The van der Waals surface area contributed by atoms with Crippen molar-refractivity contribution in [3.63, 3.8) is 0 Å². The average molecular weight is 214 g/mol. The predicted molar refractivity (Wildman–Crippen MR) is 50.3 cm³/mol. The van der Waals surface area contributed by atoms with Crippen LogP contribution in [-0.4, -0.2) is 15.0 Å². The summed E-state index contributed by atoms with van der Waals surface area (Å²) in [5.41, 5.74) is 6.93. The van der Waals surface area contributed by atoms with Crippen molar-refractivity contribution in [1.29, 1.82) is 0 Å². The summed E-state index contributed by atoms with van der Waals surface area (Å²) in [6.45, 7) is 2.01. The topological polar surface area (TPSA) is 26.0 Å². The Morgan fingerprint density at radius 2 is 1.82 bits per heavy atom. The van der Waals surface area contributed by atoms with Gasteiger partial charge in [-0.05, 0) is 0 Å². The molecule has 60 valence electrons. The van der Waals surface area contributed by atoms with Gasteiger partial charge >= 0.3 is 73.8 Å². The molecule has 0 aliphatic carbocycles. The van der Waals surface area contributed by atoms with E-state index in [9.17, 15) is 0 Å². The summed E-state index contributed by atoms with van der Waals surface area (Å²) in [5, 5.41) is 0. The van der Waals surface area contributed by atoms with Gasteiger partial charge in [-0.25, -0.2) is 0 Å². The van der Waals surface area contributed by atoms with Gasteiger partial charge in [-0.15, -0.1) is 0 Å². The second-order valence-corrected chi connectivity index (χ2v) is 4.41. The fraction of sp³-hybridized carbons (Fsp3) is 0.333. The van der Waals surface area contributed by atoms with Crippen molar-refractivity contribution in [3.8, 4) is 0 Å². The minimum absolute atomic E-state index is 0.161. The molecule has 2 N–H and O–H groups in total. The molecule has 0 fully saturated rings. The van der Waals surface area contributed by atoms with E-state index in [1.54, 1.807) is 0 Å². The summed E-state index contributed by atoms with van der Waals surface area (Å²) in [6, 6.07) is 8.72. The minimum atomic E-state index is 0.161. The van der Waals surface area contributed by atoms with Crippen LogP contribution in [0.1, 0.15) is 18.5 Å². The van der Waals surface area contributed by atoms with E-state index in [2.05, 4.69) is 30.1 Å². The van der Waals surface area contributed by atoms with Crippen LogP contribution in [0.2, 0.25) is 5.82 Å². The second kappa shape index (κ2) is 3.91. The van der Waals surface area contributed by atoms with E-state index in [1.807, 2.05) is 6.92 Å². The van der Waals surface area contributed by atoms with Crippen LogP contribution in [0.15, 0.2) is 24.3 Å². The fourth-order valence-corrected chi connectivity index (χ4v) is 1.76. The zero-order valence-corrected chi connectivity index (χ0v) is 8.59. The summed E-state index contributed by atoms with van der Waals surface area (Å²) in [6.07, 6.45) is 0. The molecule has 0 aliphatic rings. The predicted octanol–water partition coefficient (Wildman–Crippen LogP) is 1.08. The van der Waals surface area contributed by atoms with Crippen LogP contribution in [0.4, 0.5) is 0 Å².